The van der Waals surface area contributed by atoms with Gasteiger partial charge in [0.05, 0.1) is 0 Å². The van der Waals surface area contributed by atoms with Gasteiger partial charge in [-0.2, -0.15) is 0 Å². The third-order valence-corrected chi connectivity index (χ3v) is 2.09. The summed E-state index contributed by atoms with van der Waals surface area (Å²) in [6, 6.07) is 1.52. The highest BCUT2D eigenvalue weighted by Gasteiger charge is 2.27. The Balaban J connectivity index is 2.41. The number of rotatable bonds is 2. The lowest BCUT2D eigenvalue weighted by Gasteiger charge is -2.01. The van der Waals surface area contributed by atoms with Crippen LogP contribution in [0.15, 0.2) is 6.07 Å². The number of nitrogens with zero attached hydrogens (tertiary/aromatic N) is 2. The maximum absolute atomic E-state index is 10.6. The molecule has 0 bridgehead atoms. The molecular formula is C8H9N3O2. The molecule has 3 N–H and O–H groups in total. The largest absolute Gasteiger partial charge is 0.476 e. The Morgan fingerprint density at radius 1 is 1.54 bits per heavy atom. The minimum Gasteiger partial charge on any atom is -0.476 e. The molecule has 5 heteroatoms. The molecule has 1 aliphatic rings. The van der Waals surface area contributed by atoms with E-state index in [-0.39, 0.29) is 5.69 Å². The zero-order chi connectivity index (χ0) is 9.42. The fourth-order valence-corrected chi connectivity index (χ4v) is 1.24. The van der Waals surface area contributed by atoms with E-state index in [0.717, 1.165) is 18.4 Å². The Morgan fingerprint density at radius 2 is 2.23 bits per heavy atom. The Bertz CT molecular complexity index is 360. The van der Waals surface area contributed by atoms with Gasteiger partial charge in [0.15, 0.2) is 5.69 Å². The normalized spacial score (nSPS) is 15.7. The van der Waals surface area contributed by atoms with Crippen LogP contribution in [0.3, 0.4) is 0 Å². The molecule has 5 nitrogen and oxygen atoms in total. The second kappa shape index (κ2) is 2.69. The molecule has 1 fully saturated rings. The molecule has 1 saturated carbocycles. The number of nitrogen functional groups attached to an aromatic ring is 1. The molecule has 0 radical (unpaired) electrons. The van der Waals surface area contributed by atoms with E-state index in [4.69, 9.17) is 10.8 Å². The Morgan fingerprint density at radius 3 is 2.77 bits per heavy atom. The molecule has 1 aliphatic carbocycles. The summed E-state index contributed by atoms with van der Waals surface area (Å²) in [7, 11) is 0. The second-order valence-electron chi connectivity index (χ2n) is 3.15. The maximum atomic E-state index is 10.6. The van der Waals surface area contributed by atoms with Crippen molar-refractivity contribution >= 4 is 11.8 Å². The van der Waals surface area contributed by atoms with Crippen LogP contribution in [0.5, 0.6) is 0 Å². The molecule has 0 aromatic carbocycles. The molecule has 1 aromatic rings. The van der Waals surface area contributed by atoms with Gasteiger partial charge in [-0.1, -0.05) is 0 Å². The standard InChI is InChI=1S/C8H9N3O2/c9-7-5(4-1-2-4)3-6(8(12)13)10-11-7/h3-4H,1-2H2,(H2,9,11)(H,12,13). The summed E-state index contributed by atoms with van der Waals surface area (Å²) in [5, 5.41) is 15.7. The lowest BCUT2D eigenvalue weighted by atomic mass is 10.1. The van der Waals surface area contributed by atoms with Gasteiger partial charge >= 0.3 is 5.97 Å². The molecule has 13 heavy (non-hydrogen) atoms. The van der Waals surface area contributed by atoms with Crippen LogP contribution in [-0.2, 0) is 0 Å². The first-order chi connectivity index (χ1) is 6.18. The number of aromatic nitrogens is 2. The molecule has 0 amide bonds. The van der Waals surface area contributed by atoms with E-state index in [1.807, 2.05) is 0 Å². The van der Waals surface area contributed by atoms with Gasteiger partial charge in [0.1, 0.15) is 5.82 Å². The van der Waals surface area contributed by atoms with Crippen LogP contribution in [0, 0.1) is 0 Å². The summed E-state index contributed by atoms with van der Waals surface area (Å²) < 4.78 is 0. The third-order valence-electron chi connectivity index (χ3n) is 2.09. The van der Waals surface area contributed by atoms with Crippen LogP contribution in [0.25, 0.3) is 0 Å². The highest BCUT2D eigenvalue weighted by molar-refractivity contribution is 5.85. The predicted molar refractivity (Wildman–Crippen MR) is 45.4 cm³/mol. The number of anilines is 1. The van der Waals surface area contributed by atoms with E-state index in [9.17, 15) is 4.79 Å². The molecule has 0 saturated heterocycles. The van der Waals surface area contributed by atoms with Gasteiger partial charge in [0.2, 0.25) is 0 Å². The van der Waals surface area contributed by atoms with Crippen LogP contribution >= 0.6 is 0 Å². The summed E-state index contributed by atoms with van der Waals surface area (Å²) in [6.07, 6.45) is 2.13. The molecule has 1 heterocycles. The summed E-state index contributed by atoms with van der Waals surface area (Å²) in [4.78, 5) is 10.6. The van der Waals surface area contributed by atoms with E-state index >= 15 is 0 Å². The molecular weight excluding hydrogens is 170 g/mol. The van der Waals surface area contributed by atoms with E-state index in [2.05, 4.69) is 10.2 Å². The van der Waals surface area contributed by atoms with Crippen molar-refractivity contribution in [2.45, 2.75) is 18.8 Å². The van der Waals surface area contributed by atoms with Crippen LogP contribution in [0.2, 0.25) is 0 Å². The topological polar surface area (TPSA) is 89.1 Å². The Labute approximate surface area is 74.6 Å². The molecule has 0 unspecified atom stereocenters. The van der Waals surface area contributed by atoms with Crippen LogP contribution in [0.4, 0.5) is 5.82 Å². The SMILES string of the molecule is Nc1nnc(C(=O)O)cc1C1CC1. The van der Waals surface area contributed by atoms with Gasteiger partial charge in [-0.15, -0.1) is 10.2 Å². The van der Waals surface area contributed by atoms with Gasteiger partial charge in [0, 0.05) is 5.56 Å². The number of aromatic carboxylic acids is 1. The second-order valence-corrected chi connectivity index (χ2v) is 3.15. The summed E-state index contributed by atoms with van der Waals surface area (Å²) in [5.41, 5.74) is 6.36. The van der Waals surface area contributed by atoms with Crippen molar-refractivity contribution in [1.29, 1.82) is 0 Å². The first-order valence-corrected chi connectivity index (χ1v) is 4.05. The monoisotopic (exact) mass is 179 g/mol. The van der Waals surface area contributed by atoms with Gasteiger partial charge in [-0.05, 0) is 24.8 Å². The van der Waals surface area contributed by atoms with E-state index in [0.29, 0.717) is 11.7 Å². The molecule has 0 spiro atoms. The average molecular weight is 179 g/mol. The number of hydrogen-bond donors (Lipinski definition) is 2. The van der Waals surface area contributed by atoms with Crippen molar-refractivity contribution in [1.82, 2.24) is 10.2 Å². The lowest BCUT2D eigenvalue weighted by molar-refractivity contribution is 0.0689. The molecule has 0 aliphatic heterocycles. The van der Waals surface area contributed by atoms with Crippen LogP contribution in [-0.4, -0.2) is 21.3 Å². The van der Waals surface area contributed by atoms with Gasteiger partial charge < -0.3 is 10.8 Å². The Kier molecular flexibility index (Phi) is 1.65. The fourth-order valence-electron chi connectivity index (χ4n) is 1.24. The Hall–Kier alpha value is -1.65. The van der Waals surface area contributed by atoms with E-state index in [1.165, 1.54) is 6.07 Å². The van der Waals surface area contributed by atoms with Crippen molar-refractivity contribution in [2.75, 3.05) is 5.73 Å². The average Bonchev–Trinajstić information content (AvgIpc) is 2.87. The highest BCUT2D eigenvalue weighted by atomic mass is 16.4. The fraction of sp³-hybridized carbons (Fsp3) is 0.375. The molecule has 2 rings (SSSR count). The number of hydrogen-bond acceptors (Lipinski definition) is 4. The van der Waals surface area contributed by atoms with Crippen molar-refractivity contribution in [3.63, 3.8) is 0 Å². The van der Waals surface area contributed by atoms with Crippen molar-refractivity contribution in [3.8, 4) is 0 Å². The number of carboxylic acids is 1. The number of carboxylic acid groups (broad SMARTS) is 1. The highest BCUT2D eigenvalue weighted by Crippen LogP contribution is 2.41. The molecule has 1 aromatic heterocycles. The smallest absolute Gasteiger partial charge is 0.356 e. The predicted octanol–water partition coefficient (Wildman–Crippen LogP) is 0.634. The lowest BCUT2D eigenvalue weighted by Crippen LogP contribution is -2.06. The first kappa shape index (κ1) is 7.97. The third kappa shape index (κ3) is 1.44. The van der Waals surface area contributed by atoms with E-state index < -0.39 is 5.97 Å². The first-order valence-electron chi connectivity index (χ1n) is 4.05. The van der Waals surface area contributed by atoms with Gasteiger partial charge in [-0.3, -0.25) is 0 Å². The summed E-state index contributed by atoms with van der Waals surface area (Å²) >= 11 is 0. The van der Waals surface area contributed by atoms with E-state index in [1.54, 1.807) is 0 Å². The van der Waals surface area contributed by atoms with Gasteiger partial charge in [0.25, 0.3) is 0 Å². The molecule has 68 valence electrons. The zero-order valence-corrected chi connectivity index (χ0v) is 6.90. The minimum atomic E-state index is -1.06. The van der Waals surface area contributed by atoms with Crippen molar-refractivity contribution in [3.05, 3.63) is 17.3 Å². The number of nitrogens with two attached hydrogens (primary N) is 1. The van der Waals surface area contributed by atoms with Crippen LogP contribution < -0.4 is 5.73 Å². The minimum absolute atomic E-state index is 0.0314. The quantitative estimate of drug-likeness (QED) is 0.695. The maximum Gasteiger partial charge on any atom is 0.356 e. The zero-order valence-electron chi connectivity index (χ0n) is 6.90. The van der Waals surface area contributed by atoms with Crippen molar-refractivity contribution in [2.24, 2.45) is 0 Å². The van der Waals surface area contributed by atoms with Crippen LogP contribution in [0.1, 0.15) is 34.8 Å². The van der Waals surface area contributed by atoms with Gasteiger partial charge in [-0.25, -0.2) is 4.79 Å². The molecule has 0 atom stereocenters. The van der Waals surface area contributed by atoms with Crippen molar-refractivity contribution < 1.29 is 9.90 Å². The summed E-state index contributed by atoms with van der Waals surface area (Å²) in [5.74, 6) is -0.310. The summed E-state index contributed by atoms with van der Waals surface area (Å²) in [6.45, 7) is 0. The number of carbonyl (C=O) groups is 1.